The Kier molecular flexibility index (Phi) is 5.28. The van der Waals surface area contributed by atoms with Gasteiger partial charge in [-0.25, -0.2) is 10.8 Å². The van der Waals surface area contributed by atoms with E-state index in [-0.39, 0.29) is 0 Å². The molecule has 0 radical (unpaired) electrons. The summed E-state index contributed by atoms with van der Waals surface area (Å²) in [6, 6.07) is 3.83. The number of nitrogens with two attached hydrogens (primary N) is 1. The Balaban J connectivity index is 2.37. The molecule has 84 valence electrons. The number of nitrogens with zero attached hydrogens (tertiary/aromatic N) is 1. The van der Waals surface area contributed by atoms with E-state index in [4.69, 9.17) is 5.84 Å². The van der Waals surface area contributed by atoms with Gasteiger partial charge in [-0.1, -0.05) is 6.92 Å². The van der Waals surface area contributed by atoms with Crippen LogP contribution in [0.1, 0.15) is 13.3 Å². The number of pyridine rings is 1. The minimum Gasteiger partial charge on any atom is -0.385 e. The Morgan fingerprint density at radius 2 is 2.40 bits per heavy atom. The predicted molar refractivity (Wildman–Crippen MR) is 68.1 cm³/mol. The highest BCUT2D eigenvalue weighted by molar-refractivity contribution is 7.99. The van der Waals surface area contributed by atoms with E-state index in [0.29, 0.717) is 11.1 Å². The minimum atomic E-state index is 0.679. The second-order valence-electron chi connectivity index (χ2n) is 3.34. The molecular weight excluding hydrogens is 208 g/mol. The maximum atomic E-state index is 5.27. The SMILES string of the molecule is CSC(C)CCNc1ccnc(NN)c1. The second kappa shape index (κ2) is 6.53. The van der Waals surface area contributed by atoms with E-state index in [1.54, 1.807) is 6.20 Å². The van der Waals surface area contributed by atoms with Crippen LogP contribution in [-0.2, 0) is 0 Å². The zero-order valence-corrected chi connectivity index (χ0v) is 9.97. The standard InChI is InChI=1S/C10H18N4S/c1-8(15-2)3-5-12-9-4-6-13-10(7-9)14-11/h4,6-8H,3,5,11H2,1-2H3,(H2,12,13,14). The summed E-state index contributed by atoms with van der Waals surface area (Å²) in [6.07, 6.45) is 5.01. The van der Waals surface area contributed by atoms with Crippen LogP contribution in [0.4, 0.5) is 11.5 Å². The van der Waals surface area contributed by atoms with Crippen LogP contribution in [0.2, 0.25) is 0 Å². The summed E-state index contributed by atoms with van der Waals surface area (Å²) in [5.41, 5.74) is 3.57. The van der Waals surface area contributed by atoms with E-state index in [2.05, 4.69) is 28.9 Å². The van der Waals surface area contributed by atoms with Crippen LogP contribution < -0.4 is 16.6 Å². The third-order valence-electron chi connectivity index (χ3n) is 2.19. The van der Waals surface area contributed by atoms with E-state index < -0.39 is 0 Å². The van der Waals surface area contributed by atoms with Gasteiger partial charge in [0, 0.05) is 29.7 Å². The van der Waals surface area contributed by atoms with Crippen molar-refractivity contribution in [1.82, 2.24) is 4.98 Å². The number of nitrogens with one attached hydrogen (secondary N) is 2. The topological polar surface area (TPSA) is 63.0 Å². The minimum absolute atomic E-state index is 0.679. The van der Waals surface area contributed by atoms with Crippen LogP contribution in [0.15, 0.2) is 18.3 Å². The fourth-order valence-electron chi connectivity index (χ4n) is 1.16. The lowest BCUT2D eigenvalue weighted by atomic mass is 10.3. The number of hydrogen-bond donors (Lipinski definition) is 3. The largest absolute Gasteiger partial charge is 0.385 e. The molecule has 4 N–H and O–H groups in total. The molecule has 1 heterocycles. The van der Waals surface area contributed by atoms with Crippen LogP contribution >= 0.6 is 11.8 Å². The van der Waals surface area contributed by atoms with E-state index in [1.807, 2.05) is 23.9 Å². The molecule has 0 saturated heterocycles. The molecule has 1 aromatic heterocycles. The van der Waals surface area contributed by atoms with Crippen molar-refractivity contribution in [3.8, 4) is 0 Å². The Labute approximate surface area is 95.0 Å². The van der Waals surface area contributed by atoms with E-state index in [9.17, 15) is 0 Å². The first-order valence-electron chi connectivity index (χ1n) is 4.95. The van der Waals surface area contributed by atoms with Gasteiger partial charge < -0.3 is 10.7 Å². The maximum absolute atomic E-state index is 5.27. The van der Waals surface area contributed by atoms with Gasteiger partial charge in [-0.05, 0) is 18.7 Å². The van der Waals surface area contributed by atoms with Crippen molar-refractivity contribution in [3.63, 3.8) is 0 Å². The monoisotopic (exact) mass is 226 g/mol. The normalized spacial score (nSPS) is 12.2. The third kappa shape index (κ3) is 4.40. The number of anilines is 2. The van der Waals surface area contributed by atoms with Crippen LogP contribution in [0.3, 0.4) is 0 Å². The smallest absolute Gasteiger partial charge is 0.141 e. The van der Waals surface area contributed by atoms with Crippen molar-refractivity contribution in [2.75, 3.05) is 23.5 Å². The molecule has 0 aliphatic rings. The zero-order chi connectivity index (χ0) is 11.1. The average molecular weight is 226 g/mol. The molecule has 5 heteroatoms. The van der Waals surface area contributed by atoms with Crippen LogP contribution in [0.5, 0.6) is 0 Å². The van der Waals surface area contributed by atoms with Crippen molar-refractivity contribution in [1.29, 1.82) is 0 Å². The Bertz CT molecular complexity index is 293. The number of nitrogen functional groups attached to an aromatic ring is 1. The first kappa shape index (κ1) is 12.1. The molecule has 0 spiro atoms. The van der Waals surface area contributed by atoms with Crippen molar-refractivity contribution in [3.05, 3.63) is 18.3 Å². The van der Waals surface area contributed by atoms with Gasteiger partial charge in [-0.2, -0.15) is 11.8 Å². The van der Waals surface area contributed by atoms with Crippen LogP contribution in [0.25, 0.3) is 0 Å². The molecule has 0 aromatic carbocycles. The highest BCUT2D eigenvalue weighted by Crippen LogP contribution is 2.13. The lowest BCUT2D eigenvalue weighted by Crippen LogP contribution is -2.10. The summed E-state index contributed by atoms with van der Waals surface area (Å²) in [5.74, 6) is 5.95. The fraction of sp³-hybridized carbons (Fsp3) is 0.500. The molecule has 1 atom stereocenters. The lowest BCUT2D eigenvalue weighted by Gasteiger charge is -2.10. The first-order valence-corrected chi connectivity index (χ1v) is 6.24. The van der Waals surface area contributed by atoms with Gasteiger partial charge in [-0.15, -0.1) is 0 Å². The third-order valence-corrected chi connectivity index (χ3v) is 3.23. The van der Waals surface area contributed by atoms with E-state index in [0.717, 1.165) is 18.7 Å². The highest BCUT2D eigenvalue weighted by atomic mass is 32.2. The zero-order valence-electron chi connectivity index (χ0n) is 9.16. The molecule has 0 aliphatic carbocycles. The summed E-state index contributed by atoms with van der Waals surface area (Å²) >= 11 is 1.88. The number of rotatable bonds is 6. The van der Waals surface area contributed by atoms with Gasteiger partial charge in [0.1, 0.15) is 5.82 Å². The van der Waals surface area contributed by atoms with Crippen molar-refractivity contribution < 1.29 is 0 Å². The van der Waals surface area contributed by atoms with Crippen LogP contribution in [0, 0.1) is 0 Å². The molecule has 4 nitrogen and oxygen atoms in total. The van der Waals surface area contributed by atoms with Gasteiger partial charge >= 0.3 is 0 Å². The molecule has 1 unspecified atom stereocenters. The van der Waals surface area contributed by atoms with E-state index >= 15 is 0 Å². The number of hydrogen-bond acceptors (Lipinski definition) is 5. The maximum Gasteiger partial charge on any atom is 0.141 e. The molecule has 0 bridgehead atoms. The Morgan fingerprint density at radius 1 is 1.60 bits per heavy atom. The Hall–Kier alpha value is -0.940. The summed E-state index contributed by atoms with van der Waals surface area (Å²) in [7, 11) is 0. The van der Waals surface area contributed by atoms with Gasteiger partial charge in [0.05, 0.1) is 0 Å². The van der Waals surface area contributed by atoms with Crippen LogP contribution in [-0.4, -0.2) is 23.0 Å². The number of thioether (sulfide) groups is 1. The summed E-state index contributed by atoms with van der Waals surface area (Å²) in [5, 5.41) is 4.02. The van der Waals surface area contributed by atoms with Gasteiger partial charge in [0.2, 0.25) is 0 Å². The molecule has 1 rings (SSSR count). The highest BCUT2D eigenvalue weighted by Gasteiger charge is 1.99. The predicted octanol–water partition coefficient (Wildman–Crippen LogP) is 1.92. The van der Waals surface area contributed by atoms with E-state index in [1.165, 1.54) is 0 Å². The molecule has 15 heavy (non-hydrogen) atoms. The van der Waals surface area contributed by atoms with Gasteiger partial charge in [0.15, 0.2) is 0 Å². The molecule has 0 fully saturated rings. The molecular formula is C10H18N4S. The fourth-order valence-corrected chi connectivity index (χ4v) is 1.51. The van der Waals surface area contributed by atoms with Crippen molar-refractivity contribution >= 4 is 23.3 Å². The first-order chi connectivity index (χ1) is 7.26. The van der Waals surface area contributed by atoms with Gasteiger partial charge in [0.25, 0.3) is 0 Å². The van der Waals surface area contributed by atoms with Crippen molar-refractivity contribution in [2.45, 2.75) is 18.6 Å². The number of aromatic nitrogens is 1. The number of hydrazine groups is 1. The summed E-state index contributed by atoms with van der Waals surface area (Å²) < 4.78 is 0. The molecule has 0 aliphatic heterocycles. The summed E-state index contributed by atoms with van der Waals surface area (Å²) in [4.78, 5) is 4.04. The van der Waals surface area contributed by atoms with Crippen molar-refractivity contribution in [2.24, 2.45) is 5.84 Å². The Morgan fingerprint density at radius 3 is 3.07 bits per heavy atom. The molecule has 0 amide bonds. The quantitative estimate of drug-likeness (QED) is 0.511. The lowest BCUT2D eigenvalue weighted by molar-refractivity contribution is 0.853. The summed E-state index contributed by atoms with van der Waals surface area (Å²) in [6.45, 7) is 3.20. The molecule has 0 saturated carbocycles. The average Bonchev–Trinajstić information content (AvgIpc) is 2.29. The second-order valence-corrected chi connectivity index (χ2v) is 4.61. The van der Waals surface area contributed by atoms with Gasteiger partial charge in [-0.3, -0.25) is 0 Å². The molecule has 1 aromatic rings.